The third-order valence-corrected chi connectivity index (χ3v) is 3.06. The van der Waals surface area contributed by atoms with Gasteiger partial charge in [0.2, 0.25) is 9.04 Å². The summed E-state index contributed by atoms with van der Waals surface area (Å²) in [6, 6.07) is 0. The molecule has 4 nitrogen and oxygen atoms in total. The zero-order chi connectivity index (χ0) is 12.2. The summed E-state index contributed by atoms with van der Waals surface area (Å²) in [5.74, 6) is 0. The van der Waals surface area contributed by atoms with E-state index in [0.717, 1.165) is 0 Å². The maximum Gasteiger partial charge on any atom is 0.204 e. The first-order chi connectivity index (χ1) is 6.24. The van der Waals surface area contributed by atoms with Gasteiger partial charge in [-0.25, -0.2) is 0 Å². The van der Waals surface area contributed by atoms with Crippen molar-refractivity contribution in [2.75, 3.05) is 20.9 Å². The van der Waals surface area contributed by atoms with E-state index in [1.165, 1.54) is 0 Å². The molecule has 17 heavy (non-hydrogen) atoms. The summed E-state index contributed by atoms with van der Waals surface area (Å²) in [7, 11) is 2.01. The molecule has 0 heterocycles. The van der Waals surface area contributed by atoms with Gasteiger partial charge in [0.25, 0.3) is 0 Å². The van der Waals surface area contributed by atoms with E-state index in [1.54, 1.807) is 14.2 Å². The molecule has 0 saturated carbocycles. The minimum absolute atomic E-state index is 0. The Morgan fingerprint density at radius 3 is 1.24 bits per heavy atom. The van der Waals surface area contributed by atoms with Crippen LogP contribution >= 0.6 is 0 Å². The molecule has 3 N–H and O–H groups in total. The van der Waals surface area contributed by atoms with Crippen molar-refractivity contribution in [3.8, 4) is 0 Å². The molecule has 0 fully saturated rings. The van der Waals surface area contributed by atoms with Crippen molar-refractivity contribution >= 4 is 17.4 Å². The molecule has 0 amide bonds. The second-order valence-corrected chi connectivity index (χ2v) is 10.5. The van der Waals surface area contributed by atoms with Crippen molar-refractivity contribution < 1.29 is 41.6 Å². The standard InChI is InChI=1S/C4H12OSi.C3H9OSi.CH5N2.2CH4.Y/c1-5-6(2,3)4;1-4-5(2)3;2-1-3;;;/h1-4H3;1-3H3;2H,1,3H2;2*1H4;/q;;-1;;;. The van der Waals surface area contributed by atoms with Gasteiger partial charge < -0.3 is 20.3 Å². The van der Waals surface area contributed by atoms with E-state index in [1.807, 2.05) is 0 Å². The molecule has 7 heteroatoms. The Balaban J connectivity index is -0.0000000256. The van der Waals surface area contributed by atoms with Gasteiger partial charge in [0.05, 0.1) is 0 Å². The SMILES string of the molecule is C.C.CO[Si](C)(C)C.CO[Si](C)C.[NH-]CN.[Y]. The van der Waals surface area contributed by atoms with Crippen LogP contribution in [0.4, 0.5) is 0 Å². The minimum atomic E-state index is -1.13. The molecule has 0 bridgehead atoms. The van der Waals surface area contributed by atoms with Gasteiger partial charge in [-0.2, -0.15) is 0 Å². The monoisotopic (exact) mass is 359 g/mol. The smallest absolute Gasteiger partial charge is 0.204 e. The van der Waals surface area contributed by atoms with E-state index in [4.69, 9.17) is 14.6 Å². The molecule has 0 aromatic heterocycles. The molecular formula is C10H34N2O2Si2Y-. The van der Waals surface area contributed by atoms with Crippen LogP contribution in [0.1, 0.15) is 14.9 Å². The van der Waals surface area contributed by atoms with Crippen LogP contribution in [0.25, 0.3) is 5.73 Å². The average molecular weight is 359 g/mol. The van der Waals surface area contributed by atoms with Crippen molar-refractivity contribution in [1.29, 1.82) is 0 Å². The Morgan fingerprint density at radius 1 is 1.12 bits per heavy atom. The third kappa shape index (κ3) is 101. The Kier molecular flexibility index (Phi) is 55.5. The molecule has 0 atom stereocenters. The topological polar surface area (TPSA) is 68.3 Å². The Morgan fingerprint density at radius 2 is 1.24 bits per heavy atom. The zero-order valence-electron chi connectivity index (χ0n) is 11.2. The van der Waals surface area contributed by atoms with E-state index in [0.29, 0.717) is 0 Å². The van der Waals surface area contributed by atoms with Crippen LogP contribution in [0.5, 0.6) is 0 Å². The average Bonchev–Trinajstić information content (AvgIpc) is 2.06. The summed E-state index contributed by atoms with van der Waals surface area (Å²) in [5.41, 5.74) is 10.5. The van der Waals surface area contributed by atoms with E-state index < -0.39 is 8.32 Å². The van der Waals surface area contributed by atoms with E-state index >= 15 is 0 Å². The Labute approximate surface area is 138 Å². The fourth-order valence-electron chi connectivity index (χ4n) is 0. The van der Waals surface area contributed by atoms with Gasteiger partial charge in [0.15, 0.2) is 8.32 Å². The molecule has 108 valence electrons. The Bertz CT molecular complexity index is 105. The van der Waals surface area contributed by atoms with E-state index in [2.05, 4.69) is 38.5 Å². The maximum absolute atomic E-state index is 5.99. The van der Waals surface area contributed by atoms with Crippen LogP contribution in [0.3, 0.4) is 0 Å². The van der Waals surface area contributed by atoms with Crippen molar-refractivity contribution in [1.82, 2.24) is 0 Å². The van der Waals surface area contributed by atoms with Gasteiger partial charge in [-0.15, -0.1) is 6.67 Å². The second-order valence-electron chi connectivity index (χ2n) is 3.63. The largest absolute Gasteiger partial charge is 0.665 e. The van der Waals surface area contributed by atoms with Gasteiger partial charge in [0.1, 0.15) is 0 Å². The molecule has 0 rings (SSSR count). The molecule has 0 aromatic carbocycles. The summed E-state index contributed by atoms with van der Waals surface area (Å²) in [6.45, 7) is 10.7. The summed E-state index contributed by atoms with van der Waals surface area (Å²) in [5, 5.41) is 0. The zero-order valence-corrected chi connectivity index (χ0v) is 16.0. The van der Waals surface area contributed by atoms with Gasteiger partial charge in [-0.1, -0.05) is 14.9 Å². The first-order valence-electron chi connectivity index (χ1n) is 4.49. The predicted molar refractivity (Wildman–Crippen MR) is 81.7 cm³/mol. The van der Waals surface area contributed by atoms with E-state index in [9.17, 15) is 0 Å². The van der Waals surface area contributed by atoms with Gasteiger partial charge >= 0.3 is 0 Å². The van der Waals surface area contributed by atoms with Crippen LogP contribution in [0.2, 0.25) is 32.7 Å². The number of hydrogen-bond acceptors (Lipinski definition) is 3. The molecule has 0 aliphatic rings. The fourth-order valence-corrected chi connectivity index (χ4v) is 0. The quantitative estimate of drug-likeness (QED) is 0.766. The number of nitrogens with two attached hydrogens (primary N) is 1. The summed E-state index contributed by atoms with van der Waals surface area (Å²) in [4.78, 5) is 0. The normalized spacial score (nSPS) is 8.12. The van der Waals surface area contributed by atoms with Crippen LogP contribution < -0.4 is 5.73 Å². The molecular weight excluding hydrogens is 325 g/mol. The minimum Gasteiger partial charge on any atom is -0.665 e. The first-order valence-corrected chi connectivity index (χ1v) is 10.3. The molecule has 2 radical (unpaired) electrons. The van der Waals surface area contributed by atoms with E-state index in [-0.39, 0.29) is 63.3 Å². The Hall–Kier alpha value is 1.38. The van der Waals surface area contributed by atoms with Crippen molar-refractivity contribution in [2.45, 2.75) is 47.6 Å². The van der Waals surface area contributed by atoms with Crippen LogP contribution in [0.15, 0.2) is 0 Å². The van der Waals surface area contributed by atoms with Crippen LogP contribution in [0, 0.1) is 0 Å². The molecule has 0 spiro atoms. The van der Waals surface area contributed by atoms with Gasteiger partial charge in [-0.3, -0.25) is 0 Å². The van der Waals surface area contributed by atoms with Crippen molar-refractivity contribution in [2.24, 2.45) is 5.73 Å². The maximum atomic E-state index is 5.99. The van der Waals surface area contributed by atoms with Crippen LogP contribution in [-0.4, -0.2) is 38.2 Å². The second kappa shape index (κ2) is 26.0. The van der Waals surface area contributed by atoms with Gasteiger partial charge in [0, 0.05) is 46.9 Å². The summed E-state index contributed by atoms with van der Waals surface area (Å²) < 4.78 is 9.93. The molecule has 0 unspecified atom stereocenters. The predicted octanol–water partition coefficient (Wildman–Crippen LogP) is 3.58. The first kappa shape index (κ1) is 36.2. The number of hydrogen-bond donors (Lipinski definition) is 1. The third-order valence-electron chi connectivity index (χ3n) is 1.02. The van der Waals surface area contributed by atoms with Crippen molar-refractivity contribution in [3.63, 3.8) is 0 Å². The fraction of sp³-hybridized carbons (Fsp3) is 1.00. The molecule has 0 aromatic rings. The van der Waals surface area contributed by atoms with Crippen LogP contribution in [-0.2, 0) is 41.6 Å². The van der Waals surface area contributed by atoms with Gasteiger partial charge in [-0.05, 0) is 32.7 Å². The number of rotatable bonds is 2. The van der Waals surface area contributed by atoms with Crippen molar-refractivity contribution in [3.05, 3.63) is 5.73 Å². The molecule has 0 saturated heterocycles. The summed E-state index contributed by atoms with van der Waals surface area (Å²) in [6.07, 6.45) is 0. The number of nitrogens with one attached hydrogen (secondary N) is 1. The molecule has 0 aliphatic carbocycles. The molecule has 0 aliphatic heterocycles. The summed E-state index contributed by atoms with van der Waals surface area (Å²) >= 11 is 0.